The van der Waals surface area contributed by atoms with Crippen molar-refractivity contribution in [2.75, 3.05) is 72.8 Å². The van der Waals surface area contributed by atoms with Gasteiger partial charge in [0.2, 0.25) is 10.0 Å². The number of nitrogens with zero attached hydrogens (tertiary/aromatic N) is 4. The Labute approximate surface area is 220 Å². The van der Waals surface area contributed by atoms with Crippen molar-refractivity contribution in [3.05, 3.63) is 35.0 Å². The Kier molecular flexibility index (Phi) is 9.10. The number of carbonyl (C=O) groups excluding carboxylic acids is 1. The minimum absolute atomic E-state index is 0.141. The summed E-state index contributed by atoms with van der Waals surface area (Å²) >= 11 is 0. The molecule has 0 bridgehead atoms. The number of halogens is 1. The zero-order valence-corrected chi connectivity index (χ0v) is 23.0. The highest BCUT2D eigenvalue weighted by Gasteiger charge is 2.40. The average Bonchev–Trinajstić information content (AvgIpc) is 3.22. The number of benzene rings is 1. The first-order valence-corrected chi connectivity index (χ1v) is 14.8. The second-order valence-electron chi connectivity index (χ2n) is 10.0. The van der Waals surface area contributed by atoms with Crippen molar-refractivity contribution in [3.8, 4) is 5.75 Å². The fraction of sp³-hybridized carbons (Fsp3) is 0.654. The summed E-state index contributed by atoms with van der Waals surface area (Å²) in [5.74, 6) is 0.448. The number of rotatable bonds is 11. The monoisotopic (exact) mass is 537 g/mol. The second kappa shape index (κ2) is 12.1. The molecule has 9 nitrogen and oxygen atoms in total. The summed E-state index contributed by atoms with van der Waals surface area (Å²) in [5, 5.41) is 3.10. The van der Waals surface area contributed by atoms with Crippen LogP contribution in [0.1, 0.15) is 44.7 Å². The van der Waals surface area contributed by atoms with Crippen molar-refractivity contribution in [2.24, 2.45) is 0 Å². The van der Waals surface area contributed by atoms with Crippen molar-refractivity contribution >= 4 is 15.9 Å². The van der Waals surface area contributed by atoms with E-state index >= 15 is 0 Å². The third-order valence-corrected chi connectivity index (χ3v) is 9.10. The molecule has 11 heteroatoms. The van der Waals surface area contributed by atoms with Gasteiger partial charge in [-0.15, -0.1) is 0 Å². The Morgan fingerprint density at radius 2 is 1.84 bits per heavy atom. The molecule has 0 aromatic heterocycles. The molecule has 0 aliphatic carbocycles. The van der Waals surface area contributed by atoms with Gasteiger partial charge in [0.15, 0.2) is 0 Å². The van der Waals surface area contributed by atoms with E-state index in [0.29, 0.717) is 76.0 Å². The van der Waals surface area contributed by atoms with Gasteiger partial charge in [-0.25, -0.2) is 8.42 Å². The van der Waals surface area contributed by atoms with Gasteiger partial charge in [-0.3, -0.25) is 14.1 Å². The van der Waals surface area contributed by atoms with Gasteiger partial charge in [-0.1, -0.05) is 13.8 Å². The van der Waals surface area contributed by atoms with Gasteiger partial charge in [0.1, 0.15) is 11.4 Å². The highest BCUT2D eigenvalue weighted by molar-refractivity contribution is 7.89. The Hall–Kier alpha value is -2.21. The van der Waals surface area contributed by atoms with Gasteiger partial charge in [0.25, 0.3) is 5.91 Å². The number of likely N-dealkylation sites (N-methyl/N-ethyl adjacent to an activating group) is 1. The highest BCUT2D eigenvalue weighted by atomic mass is 32.2. The summed E-state index contributed by atoms with van der Waals surface area (Å²) in [7, 11) is -1.82. The lowest BCUT2D eigenvalue weighted by molar-refractivity contribution is -0.118. The fourth-order valence-electron chi connectivity index (χ4n) is 5.43. The standard InChI is InChI=1S/C26H40FN5O4S/c1-4-10-31-18-22-24(28-26(33)25(22)29(3)19-31)21-17-20(7-8-23(21)36-16-5-2)37(34,35)32-14-12-30(13-15-32)11-6-9-27/h7-8,17,24H,4-6,9-16,18-19H2,1-3H3,(H,28,33). The van der Waals surface area contributed by atoms with Gasteiger partial charge in [0, 0.05) is 51.9 Å². The minimum atomic E-state index is -3.74. The molecule has 1 N–H and O–H groups in total. The van der Waals surface area contributed by atoms with Crippen LogP contribution in [0.4, 0.5) is 4.39 Å². The number of carbonyl (C=O) groups is 1. The first kappa shape index (κ1) is 27.8. The molecular formula is C26H40FN5O4S. The summed E-state index contributed by atoms with van der Waals surface area (Å²) in [6.07, 6.45) is 2.28. The number of hydrogen-bond donors (Lipinski definition) is 1. The lowest BCUT2D eigenvalue weighted by Crippen LogP contribution is -2.48. The van der Waals surface area contributed by atoms with Gasteiger partial charge in [-0.2, -0.15) is 4.31 Å². The summed E-state index contributed by atoms with van der Waals surface area (Å²) < 4.78 is 47.3. The topological polar surface area (TPSA) is 85.4 Å². The van der Waals surface area contributed by atoms with E-state index < -0.39 is 16.1 Å². The Bertz CT molecular complexity index is 1100. The first-order chi connectivity index (χ1) is 17.8. The van der Waals surface area contributed by atoms with E-state index in [-0.39, 0.29) is 17.5 Å². The molecule has 1 aromatic rings. The molecule has 1 aromatic carbocycles. The third-order valence-electron chi connectivity index (χ3n) is 7.20. The van der Waals surface area contributed by atoms with Gasteiger partial charge >= 0.3 is 0 Å². The molecule has 1 saturated heterocycles. The number of piperazine rings is 1. The first-order valence-electron chi connectivity index (χ1n) is 13.3. The summed E-state index contributed by atoms with van der Waals surface area (Å²) in [6, 6.07) is 4.54. The zero-order chi connectivity index (χ0) is 26.6. The molecular weight excluding hydrogens is 497 g/mol. The summed E-state index contributed by atoms with van der Waals surface area (Å²) in [6.45, 7) is 9.04. The maximum Gasteiger partial charge on any atom is 0.268 e. The quantitative estimate of drug-likeness (QED) is 0.463. The third kappa shape index (κ3) is 5.94. The molecule has 3 aliphatic rings. The Morgan fingerprint density at radius 3 is 2.51 bits per heavy atom. The lowest BCUT2D eigenvalue weighted by atomic mass is 9.97. The Morgan fingerprint density at radius 1 is 1.08 bits per heavy atom. The van der Waals surface area contributed by atoms with Crippen LogP contribution in [0, 0.1) is 0 Å². The van der Waals surface area contributed by atoms with Crippen LogP contribution >= 0.6 is 0 Å². The lowest BCUT2D eigenvalue weighted by Gasteiger charge is -2.35. The predicted octanol–water partition coefficient (Wildman–Crippen LogP) is 2.18. The average molecular weight is 538 g/mol. The van der Waals surface area contributed by atoms with Crippen LogP contribution < -0.4 is 10.1 Å². The van der Waals surface area contributed by atoms with E-state index in [0.717, 1.165) is 25.0 Å². The molecule has 0 saturated carbocycles. The molecule has 37 heavy (non-hydrogen) atoms. The van der Waals surface area contributed by atoms with E-state index in [1.807, 2.05) is 18.9 Å². The summed E-state index contributed by atoms with van der Waals surface area (Å²) in [5.41, 5.74) is 2.28. The number of alkyl halides is 1. The van der Waals surface area contributed by atoms with E-state index in [4.69, 9.17) is 4.74 Å². The van der Waals surface area contributed by atoms with Gasteiger partial charge in [0.05, 0.1) is 30.9 Å². The number of ether oxygens (including phenoxy) is 1. The van der Waals surface area contributed by atoms with Crippen molar-refractivity contribution in [1.82, 2.24) is 24.3 Å². The van der Waals surface area contributed by atoms with E-state index in [1.165, 1.54) is 4.31 Å². The van der Waals surface area contributed by atoms with Crippen LogP contribution in [-0.2, 0) is 14.8 Å². The molecule has 206 valence electrons. The zero-order valence-electron chi connectivity index (χ0n) is 22.2. The van der Waals surface area contributed by atoms with Crippen molar-refractivity contribution in [3.63, 3.8) is 0 Å². The van der Waals surface area contributed by atoms with Crippen molar-refractivity contribution in [2.45, 2.75) is 44.0 Å². The second-order valence-corrected chi connectivity index (χ2v) is 11.9. The molecule has 1 amide bonds. The number of nitrogens with one attached hydrogen (secondary N) is 1. The van der Waals surface area contributed by atoms with Crippen LogP contribution in [0.5, 0.6) is 5.75 Å². The van der Waals surface area contributed by atoms with Crippen molar-refractivity contribution < 1.29 is 22.3 Å². The normalized spacial score (nSPS) is 21.9. The van der Waals surface area contributed by atoms with E-state index in [2.05, 4.69) is 22.0 Å². The molecule has 3 heterocycles. The summed E-state index contributed by atoms with van der Waals surface area (Å²) in [4.78, 5) is 19.6. The maximum atomic E-state index is 13.6. The minimum Gasteiger partial charge on any atom is -0.493 e. The maximum absolute atomic E-state index is 13.6. The van der Waals surface area contributed by atoms with Crippen LogP contribution in [0.25, 0.3) is 0 Å². The SMILES string of the molecule is CCCOc1ccc(S(=O)(=O)N2CCN(CCCF)CC2)cc1C1NC(=O)C2=C1CN(CCC)CN2C. The molecule has 1 fully saturated rings. The fourth-order valence-corrected chi connectivity index (χ4v) is 6.89. The number of sulfonamides is 1. The molecule has 1 unspecified atom stereocenters. The van der Waals surface area contributed by atoms with Crippen molar-refractivity contribution in [1.29, 1.82) is 0 Å². The van der Waals surface area contributed by atoms with E-state index in [9.17, 15) is 17.6 Å². The van der Waals surface area contributed by atoms with Gasteiger partial charge in [-0.05, 0) is 49.6 Å². The van der Waals surface area contributed by atoms with Crippen LogP contribution in [0.15, 0.2) is 34.4 Å². The van der Waals surface area contributed by atoms with Crippen LogP contribution in [-0.4, -0.2) is 106 Å². The largest absolute Gasteiger partial charge is 0.493 e. The van der Waals surface area contributed by atoms with Gasteiger partial charge < -0.3 is 19.9 Å². The number of hydrogen-bond acceptors (Lipinski definition) is 7. The number of amides is 1. The van der Waals surface area contributed by atoms with Crippen LogP contribution in [0.3, 0.4) is 0 Å². The highest BCUT2D eigenvalue weighted by Crippen LogP contribution is 2.40. The van der Waals surface area contributed by atoms with E-state index in [1.54, 1.807) is 18.2 Å². The molecule has 4 rings (SSSR count). The smallest absolute Gasteiger partial charge is 0.268 e. The molecule has 3 aliphatic heterocycles. The van der Waals surface area contributed by atoms with Crippen LogP contribution in [0.2, 0.25) is 0 Å². The Balaban J connectivity index is 1.65. The molecule has 1 atom stereocenters. The molecule has 0 spiro atoms. The predicted molar refractivity (Wildman–Crippen MR) is 140 cm³/mol. The molecule has 0 radical (unpaired) electrons.